The van der Waals surface area contributed by atoms with Crippen LogP contribution in [0.5, 0.6) is 0 Å². The minimum Gasteiger partial charge on any atom is -0.284 e. The van der Waals surface area contributed by atoms with Crippen molar-refractivity contribution in [2.45, 2.75) is 32.1 Å². The molecule has 1 aromatic rings. The molecule has 0 atom stereocenters. The highest BCUT2D eigenvalue weighted by atomic mass is 19.3. The maximum Gasteiger partial charge on any atom is 0.280 e. The van der Waals surface area contributed by atoms with Gasteiger partial charge in [0.25, 0.3) is 6.43 Å². The summed E-state index contributed by atoms with van der Waals surface area (Å²) in [5.41, 5.74) is 2.77. The average Bonchev–Trinajstić information content (AvgIpc) is 2.99. The van der Waals surface area contributed by atoms with E-state index >= 15 is 0 Å². The Labute approximate surface area is 109 Å². The normalized spacial score (nSPS) is 21.4. The molecular formula is C13H15F2N3O. The van der Waals surface area contributed by atoms with Crippen LogP contribution in [0.2, 0.25) is 0 Å². The van der Waals surface area contributed by atoms with Crippen LogP contribution in [0, 0.1) is 5.41 Å². The second-order valence-corrected chi connectivity index (χ2v) is 5.25. The van der Waals surface area contributed by atoms with Crippen molar-refractivity contribution in [1.29, 1.82) is 0 Å². The third kappa shape index (κ3) is 2.05. The van der Waals surface area contributed by atoms with Crippen molar-refractivity contribution in [1.82, 2.24) is 10.4 Å². The smallest absolute Gasteiger partial charge is 0.280 e. The summed E-state index contributed by atoms with van der Waals surface area (Å²) in [6.45, 7) is 0.554. The quantitative estimate of drug-likeness (QED) is 0.895. The van der Waals surface area contributed by atoms with Crippen molar-refractivity contribution >= 4 is 11.6 Å². The number of hydrogen-bond acceptors (Lipinski definition) is 3. The molecule has 102 valence electrons. The molecule has 1 amide bonds. The lowest BCUT2D eigenvalue weighted by Crippen LogP contribution is -2.33. The molecule has 2 fully saturated rings. The summed E-state index contributed by atoms with van der Waals surface area (Å²) in [6, 6.07) is 2.97. The molecule has 1 aromatic heterocycles. The number of pyridine rings is 1. The first-order valence-electron chi connectivity index (χ1n) is 6.43. The number of carbonyl (C=O) groups excluding carboxylic acids is 1. The van der Waals surface area contributed by atoms with Crippen molar-refractivity contribution in [3.63, 3.8) is 0 Å². The van der Waals surface area contributed by atoms with Crippen molar-refractivity contribution in [2.75, 3.05) is 11.6 Å². The van der Waals surface area contributed by atoms with E-state index in [9.17, 15) is 13.6 Å². The predicted octanol–water partition coefficient (Wildman–Crippen LogP) is 2.43. The first-order valence-corrected chi connectivity index (χ1v) is 6.43. The molecule has 0 aromatic carbocycles. The molecule has 19 heavy (non-hydrogen) atoms. The van der Waals surface area contributed by atoms with Gasteiger partial charge in [-0.1, -0.05) is 12.8 Å². The van der Waals surface area contributed by atoms with Crippen LogP contribution in [0.15, 0.2) is 18.3 Å². The molecule has 3 rings (SSSR count). The number of hydrogen-bond donors (Lipinski definition) is 1. The number of nitrogens with one attached hydrogen (secondary N) is 1. The fourth-order valence-corrected chi connectivity index (χ4v) is 2.97. The van der Waals surface area contributed by atoms with Gasteiger partial charge < -0.3 is 0 Å². The SMILES string of the molecule is O=C1NN(c2ccnc(C(F)F)c2)CC12CCCC2. The molecule has 1 aliphatic heterocycles. The van der Waals surface area contributed by atoms with Gasteiger partial charge in [0.2, 0.25) is 5.91 Å². The Balaban J connectivity index is 1.84. The zero-order chi connectivity index (χ0) is 13.5. The highest BCUT2D eigenvalue weighted by Crippen LogP contribution is 2.42. The number of anilines is 1. The van der Waals surface area contributed by atoms with Crippen LogP contribution in [0.3, 0.4) is 0 Å². The van der Waals surface area contributed by atoms with Crippen molar-refractivity contribution in [2.24, 2.45) is 5.41 Å². The van der Waals surface area contributed by atoms with E-state index in [0.717, 1.165) is 25.7 Å². The van der Waals surface area contributed by atoms with Crippen molar-refractivity contribution < 1.29 is 13.6 Å². The van der Waals surface area contributed by atoms with E-state index in [2.05, 4.69) is 10.4 Å². The molecule has 1 spiro atoms. The zero-order valence-electron chi connectivity index (χ0n) is 10.4. The Morgan fingerprint density at radius 1 is 1.37 bits per heavy atom. The van der Waals surface area contributed by atoms with Crippen LogP contribution in [-0.4, -0.2) is 17.4 Å². The summed E-state index contributed by atoms with van der Waals surface area (Å²) in [4.78, 5) is 15.7. The van der Waals surface area contributed by atoms with Crippen LogP contribution in [0.4, 0.5) is 14.5 Å². The summed E-state index contributed by atoms with van der Waals surface area (Å²) < 4.78 is 25.3. The molecule has 4 nitrogen and oxygen atoms in total. The highest BCUT2D eigenvalue weighted by molar-refractivity contribution is 5.88. The summed E-state index contributed by atoms with van der Waals surface area (Å²) in [6.07, 6.45) is 2.62. The fraction of sp³-hybridized carbons (Fsp3) is 0.538. The summed E-state index contributed by atoms with van der Waals surface area (Å²) in [7, 11) is 0. The summed E-state index contributed by atoms with van der Waals surface area (Å²) in [5, 5.41) is 1.67. The topological polar surface area (TPSA) is 45.2 Å². The summed E-state index contributed by atoms with van der Waals surface area (Å²) in [5.74, 6) is 0.0143. The van der Waals surface area contributed by atoms with Crippen LogP contribution in [0.1, 0.15) is 37.8 Å². The van der Waals surface area contributed by atoms with E-state index in [0.29, 0.717) is 12.2 Å². The predicted molar refractivity (Wildman–Crippen MR) is 65.6 cm³/mol. The number of hydrazine groups is 1. The maximum atomic E-state index is 12.6. The van der Waals surface area contributed by atoms with Crippen LogP contribution in [-0.2, 0) is 4.79 Å². The molecule has 1 aliphatic carbocycles. The third-order valence-corrected chi connectivity index (χ3v) is 4.04. The van der Waals surface area contributed by atoms with Crippen molar-refractivity contribution in [3.05, 3.63) is 24.0 Å². The second-order valence-electron chi connectivity index (χ2n) is 5.25. The zero-order valence-corrected chi connectivity index (χ0v) is 10.4. The lowest BCUT2D eigenvalue weighted by atomic mass is 9.86. The van der Waals surface area contributed by atoms with Gasteiger partial charge in [0, 0.05) is 6.20 Å². The third-order valence-electron chi connectivity index (χ3n) is 4.04. The van der Waals surface area contributed by atoms with E-state index in [1.807, 2.05) is 0 Å². The number of amides is 1. The monoisotopic (exact) mass is 267 g/mol. The summed E-state index contributed by atoms with van der Waals surface area (Å²) >= 11 is 0. The lowest BCUT2D eigenvalue weighted by molar-refractivity contribution is -0.126. The Morgan fingerprint density at radius 3 is 2.79 bits per heavy atom. The largest absolute Gasteiger partial charge is 0.284 e. The minimum atomic E-state index is -2.60. The van der Waals surface area contributed by atoms with Gasteiger partial charge in [-0.05, 0) is 25.0 Å². The molecule has 1 saturated heterocycles. The second kappa shape index (κ2) is 4.43. The van der Waals surface area contributed by atoms with E-state index in [1.165, 1.54) is 12.3 Å². The molecular weight excluding hydrogens is 252 g/mol. The van der Waals surface area contributed by atoms with E-state index in [4.69, 9.17) is 0 Å². The fourth-order valence-electron chi connectivity index (χ4n) is 2.97. The molecule has 2 heterocycles. The number of nitrogens with zero attached hydrogens (tertiary/aromatic N) is 2. The van der Waals surface area contributed by atoms with Crippen LogP contribution >= 0.6 is 0 Å². The number of aromatic nitrogens is 1. The van der Waals surface area contributed by atoms with E-state index < -0.39 is 6.43 Å². The van der Waals surface area contributed by atoms with Gasteiger partial charge in [0.1, 0.15) is 5.69 Å². The molecule has 2 aliphatic rings. The van der Waals surface area contributed by atoms with Gasteiger partial charge in [-0.3, -0.25) is 20.2 Å². The van der Waals surface area contributed by atoms with Crippen molar-refractivity contribution in [3.8, 4) is 0 Å². The highest BCUT2D eigenvalue weighted by Gasteiger charge is 2.48. The molecule has 0 bridgehead atoms. The van der Waals surface area contributed by atoms with E-state index in [1.54, 1.807) is 11.1 Å². The molecule has 1 saturated carbocycles. The van der Waals surface area contributed by atoms with Gasteiger partial charge in [-0.15, -0.1) is 0 Å². The van der Waals surface area contributed by atoms with Gasteiger partial charge in [-0.25, -0.2) is 8.78 Å². The van der Waals surface area contributed by atoms with Crippen LogP contribution in [0.25, 0.3) is 0 Å². The van der Waals surface area contributed by atoms with Gasteiger partial charge in [-0.2, -0.15) is 0 Å². The first-order chi connectivity index (χ1) is 9.11. The average molecular weight is 267 g/mol. The lowest BCUT2D eigenvalue weighted by Gasteiger charge is -2.20. The Morgan fingerprint density at radius 2 is 2.11 bits per heavy atom. The van der Waals surface area contributed by atoms with Crippen LogP contribution < -0.4 is 10.4 Å². The number of carbonyl (C=O) groups is 1. The number of alkyl halides is 2. The number of halogens is 2. The first kappa shape index (κ1) is 12.3. The molecule has 0 unspecified atom stereocenters. The molecule has 0 radical (unpaired) electrons. The van der Waals surface area contributed by atoms with Gasteiger partial charge in [0.15, 0.2) is 0 Å². The molecule has 1 N–H and O–H groups in total. The Hall–Kier alpha value is -1.72. The Kier molecular flexibility index (Phi) is 2.88. The Bertz CT molecular complexity index is 500. The maximum absolute atomic E-state index is 12.6. The standard InChI is InChI=1S/C13H15F2N3O/c14-11(15)10-7-9(3-6-16-10)18-8-13(12(19)17-18)4-1-2-5-13/h3,6-7,11H,1-2,4-5,8H2,(H,17,19). The van der Waals surface area contributed by atoms with Gasteiger partial charge >= 0.3 is 0 Å². The van der Waals surface area contributed by atoms with Gasteiger partial charge in [0.05, 0.1) is 17.6 Å². The van der Waals surface area contributed by atoms with E-state index in [-0.39, 0.29) is 17.0 Å². The number of rotatable bonds is 2. The molecule has 6 heteroatoms. The minimum absolute atomic E-state index is 0.0143.